The third-order valence-electron chi connectivity index (χ3n) is 2.22. The lowest BCUT2D eigenvalue weighted by Crippen LogP contribution is -2.18. The Morgan fingerprint density at radius 1 is 1.24 bits per heavy atom. The van der Waals surface area contributed by atoms with E-state index in [1.807, 2.05) is 0 Å². The Labute approximate surface area is 125 Å². The fourth-order valence-corrected chi connectivity index (χ4v) is 1.78. The second-order valence-corrected chi connectivity index (χ2v) is 4.64. The van der Waals surface area contributed by atoms with Gasteiger partial charge in [-0.25, -0.2) is 10.8 Å². The van der Waals surface area contributed by atoms with Crippen molar-refractivity contribution in [1.29, 1.82) is 0 Å². The molecule has 0 bridgehead atoms. The molecule has 1 aromatic heterocycles. The zero-order valence-electron chi connectivity index (χ0n) is 10.3. The second kappa shape index (κ2) is 6.14. The van der Waals surface area contributed by atoms with E-state index in [4.69, 9.17) is 5.84 Å². The number of rotatable bonds is 4. The Morgan fingerprint density at radius 2 is 2.00 bits per heavy atom. The fourth-order valence-electron chi connectivity index (χ4n) is 1.44. The number of alkyl halides is 3. The molecule has 0 saturated carbocycles. The number of ether oxygens (including phenoxy) is 1. The van der Waals surface area contributed by atoms with Gasteiger partial charge in [-0.3, -0.25) is 5.43 Å². The van der Waals surface area contributed by atoms with Crippen molar-refractivity contribution in [2.24, 2.45) is 5.84 Å². The zero-order chi connectivity index (χ0) is 15.5. The van der Waals surface area contributed by atoms with E-state index >= 15 is 0 Å². The molecule has 2 rings (SSSR count). The minimum Gasteiger partial charge on any atom is -0.404 e. The summed E-state index contributed by atoms with van der Waals surface area (Å²) < 4.78 is 41.6. The summed E-state index contributed by atoms with van der Waals surface area (Å²) in [4.78, 5) is 7.73. The number of benzene rings is 1. The van der Waals surface area contributed by atoms with E-state index in [0.717, 1.165) is 0 Å². The van der Waals surface area contributed by atoms with E-state index in [1.165, 1.54) is 24.4 Å². The highest BCUT2D eigenvalue weighted by Crippen LogP contribution is 2.34. The maximum atomic E-state index is 12.4. The van der Waals surface area contributed by atoms with Crippen molar-refractivity contribution >= 4 is 33.4 Å². The minimum atomic E-state index is -4.80. The molecule has 0 aliphatic rings. The number of aromatic nitrogens is 2. The number of anilines is 3. The SMILES string of the molecule is NNc1nccc(Nc2ccc(Br)cc2OC(F)(F)F)n1. The molecule has 2 aromatic rings. The van der Waals surface area contributed by atoms with Crippen molar-refractivity contribution in [3.05, 3.63) is 34.9 Å². The highest BCUT2D eigenvalue weighted by atomic mass is 79.9. The van der Waals surface area contributed by atoms with Gasteiger partial charge >= 0.3 is 6.36 Å². The van der Waals surface area contributed by atoms with Crippen LogP contribution in [0.3, 0.4) is 0 Å². The standard InChI is InChI=1S/C11H9BrF3N5O/c12-6-1-2-7(8(5-6)21-11(13,14)15)18-9-3-4-17-10(19-9)20-16/h1-5H,16H2,(H2,17,18,19,20). The van der Waals surface area contributed by atoms with Crippen molar-refractivity contribution in [2.75, 3.05) is 10.7 Å². The number of halogens is 4. The van der Waals surface area contributed by atoms with Gasteiger partial charge in [0.15, 0.2) is 5.75 Å². The molecule has 0 saturated heterocycles. The first-order valence-electron chi connectivity index (χ1n) is 5.49. The first-order chi connectivity index (χ1) is 9.87. The first kappa shape index (κ1) is 15.3. The summed E-state index contributed by atoms with van der Waals surface area (Å²) in [6.07, 6.45) is -3.40. The molecule has 1 heterocycles. The van der Waals surface area contributed by atoms with Crippen LogP contribution in [-0.4, -0.2) is 16.3 Å². The minimum absolute atomic E-state index is 0.0946. The van der Waals surface area contributed by atoms with Crippen molar-refractivity contribution < 1.29 is 17.9 Å². The normalized spacial score (nSPS) is 11.1. The van der Waals surface area contributed by atoms with Crippen molar-refractivity contribution in [3.63, 3.8) is 0 Å². The highest BCUT2D eigenvalue weighted by molar-refractivity contribution is 9.10. The molecule has 0 aliphatic carbocycles. The largest absolute Gasteiger partial charge is 0.573 e. The summed E-state index contributed by atoms with van der Waals surface area (Å²) >= 11 is 3.08. The lowest BCUT2D eigenvalue weighted by Gasteiger charge is -2.14. The molecule has 0 amide bonds. The van der Waals surface area contributed by atoms with Gasteiger partial charge in [0.25, 0.3) is 0 Å². The molecule has 0 spiro atoms. The number of hydrazine groups is 1. The van der Waals surface area contributed by atoms with Gasteiger partial charge < -0.3 is 10.1 Å². The van der Waals surface area contributed by atoms with Crippen LogP contribution in [0, 0.1) is 0 Å². The lowest BCUT2D eigenvalue weighted by molar-refractivity contribution is -0.274. The van der Waals surface area contributed by atoms with Crippen molar-refractivity contribution in [2.45, 2.75) is 6.36 Å². The number of nitrogens with two attached hydrogens (primary N) is 1. The van der Waals surface area contributed by atoms with Crippen LogP contribution in [0.25, 0.3) is 0 Å². The number of nitrogen functional groups attached to an aromatic ring is 1. The van der Waals surface area contributed by atoms with E-state index in [0.29, 0.717) is 4.47 Å². The molecule has 0 atom stereocenters. The Morgan fingerprint density at radius 3 is 2.67 bits per heavy atom. The summed E-state index contributed by atoms with van der Waals surface area (Å²) in [5, 5.41) is 2.70. The molecule has 0 aliphatic heterocycles. The molecule has 0 unspecified atom stereocenters. The number of nitrogens with zero attached hydrogens (tertiary/aromatic N) is 2. The third-order valence-corrected chi connectivity index (χ3v) is 2.71. The Kier molecular flexibility index (Phi) is 4.48. The monoisotopic (exact) mass is 363 g/mol. The van der Waals surface area contributed by atoms with Gasteiger partial charge in [0.2, 0.25) is 5.95 Å². The Hall–Kier alpha value is -2.07. The average Bonchev–Trinajstić information content (AvgIpc) is 2.40. The summed E-state index contributed by atoms with van der Waals surface area (Å²) in [5.41, 5.74) is 2.33. The van der Waals surface area contributed by atoms with Gasteiger partial charge in [-0.2, -0.15) is 4.98 Å². The lowest BCUT2D eigenvalue weighted by atomic mass is 10.3. The number of nitrogens with one attached hydrogen (secondary N) is 2. The van der Waals surface area contributed by atoms with E-state index in [2.05, 4.69) is 41.4 Å². The molecule has 4 N–H and O–H groups in total. The van der Waals surface area contributed by atoms with E-state index in [9.17, 15) is 13.2 Å². The van der Waals surface area contributed by atoms with E-state index < -0.39 is 12.1 Å². The van der Waals surface area contributed by atoms with Gasteiger partial charge in [-0.15, -0.1) is 13.2 Å². The van der Waals surface area contributed by atoms with E-state index in [1.54, 1.807) is 6.07 Å². The topological polar surface area (TPSA) is 85.1 Å². The maximum Gasteiger partial charge on any atom is 0.573 e. The van der Waals surface area contributed by atoms with Crippen LogP contribution in [0.5, 0.6) is 5.75 Å². The second-order valence-electron chi connectivity index (χ2n) is 3.72. The van der Waals surface area contributed by atoms with Gasteiger partial charge in [0.1, 0.15) is 5.82 Å². The fraction of sp³-hybridized carbons (Fsp3) is 0.0909. The summed E-state index contributed by atoms with van der Waals surface area (Å²) in [6.45, 7) is 0. The van der Waals surface area contributed by atoms with E-state index in [-0.39, 0.29) is 17.5 Å². The third kappa shape index (κ3) is 4.46. The van der Waals surface area contributed by atoms with Gasteiger partial charge in [0.05, 0.1) is 5.69 Å². The van der Waals surface area contributed by atoms with Crippen molar-refractivity contribution in [3.8, 4) is 5.75 Å². The van der Waals surface area contributed by atoms with Crippen molar-refractivity contribution in [1.82, 2.24) is 9.97 Å². The van der Waals surface area contributed by atoms with Crippen LogP contribution >= 0.6 is 15.9 Å². The molecule has 21 heavy (non-hydrogen) atoms. The molecule has 10 heteroatoms. The molecule has 0 radical (unpaired) electrons. The molecular formula is C11H9BrF3N5O. The highest BCUT2D eigenvalue weighted by Gasteiger charge is 2.32. The first-order valence-corrected chi connectivity index (χ1v) is 6.28. The maximum absolute atomic E-state index is 12.4. The van der Waals surface area contributed by atoms with Gasteiger partial charge in [-0.1, -0.05) is 15.9 Å². The van der Waals surface area contributed by atoms with Crippen LogP contribution in [0.15, 0.2) is 34.9 Å². The Bertz CT molecular complexity index is 637. The van der Waals surface area contributed by atoms with Crippen LogP contribution in [0.4, 0.5) is 30.6 Å². The van der Waals surface area contributed by atoms with Crippen LogP contribution in [0.1, 0.15) is 0 Å². The molecule has 112 valence electrons. The summed E-state index contributed by atoms with van der Waals surface area (Å²) in [5.74, 6) is 5.15. The molecular weight excluding hydrogens is 355 g/mol. The number of hydrogen-bond acceptors (Lipinski definition) is 6. The molecule has 1 aromatic carbocycles. The zero-order valence-corrected chi connectivity index (χ0v) is 11.9. The molecule has 6 nitrogen and oxygen atoms in total. The Balaban J connectivity index is 2.30. The predicted molar refractivity (Wildman–Crippen MR) is 73.9 cm³/mol. The van der Waals surface area contributed by atoms with Gasteiger partial charge in [-0.05, 0) is 24.3 Å². The van der Waals surface area contributed by atoms with Crippen LogP contribution < -0.4 is 21.3 Å². The smallest absolute Gasteiger partial charge is 0.404 e. The quantitative estimate of drug-likeness (QED) is 0.571. The van der Waals surface area contributed by atoms with Gasteiger partial charge in [0, 0.05) is 10.7 Å². The summed E-state index contributed by atoms with van der Waals surface area (Å²) in [6, 6.07) is 5.65. The van der Waals surface area contributed by atoms with Crippen LogP contribution in [0.2, 0.25) is 0 Å². The van der Waals surface area contributed by atoms with Crippen LogP contribution in [-0.2, 0) is 0 Å². The molecule has 0 fully saturated rings. The summed E-state index contributed by atoms with van der Waals surface area (Å²) in [7, 11) is 0. The number of hydrogen-bond donors (Lipinski definition) is 3. The predicted octanol–water partition coefficient (Wildman–Crippen LogP) is 3.17. The average molecular weight is 364 g/mol.